The highest BCUT2D eigenvalue weighted by Gasteiger charge is 2.22. The number of anilines is 1. The van der Waals surface area contributed by atoms with E-state index in [4.69, 9.17) is 14.6 Å². The van der Waals surface area contributed by atoms with Crippen molar-refractivity contribution >= 4 is 32.3 Å². The van der Waals surface area contributed by atoms with Crippen molar-refractivity contribution in [1.82, 2.24) is 4.98 Å². The van der Waals surface area contributed by atoms with Crippen LogP contribution in [0.2, 0.25) is 0 Å². The second-order valence-corrected chi connectivity index (χ2v) is 8.04. The van der Waals surface area contributed by atoms with Crippen LogP contribution in [0.4, 0.5) is 11.4 Å². The van der Waals surface area contributed by atoms with Crippen LogP contribution in [0.25, 0.3) is 10.9 Å². The molecule has 1 heterocycles. The minimum Gasteiger partial charge on any atom is -0.493 e. The molecule has 1 aromatic heterocycles. The number of fused-ring (bicyclic) bond motifs is 1. The van der Waals surface area contributed by atoms with Gasteiger partial charge >= 0.3 is 5.69 Å². The van der Waals surface area contributed by atoms with Crippen molar-refractivity contribution < 1.29 is 22.8 Å². The average molecular weight is 432 g/mol. The number of ether oxygens (including phenoxy) is 2. The van der Waals surface area contributed by atoms with Gasteiger partial charge in [0.05, 0.1) is 29.6 Å². The van der Waals surface area contributed by atoms with Crippen LogP contribution in [0, 0.1) is 10.1 Å². The van der Waals surface area contributed by atoms with Crippen LogP contribution in [0.15, 0.2) is 47.5 Å². The minimum atomic E-state index is -3.81. The van der Waals surface area contributed by atoms with Crippen LogP contribution < -0.4 is 19.9 Å². The topological polar surface area (TPSA) is 147 Å². The fourth-order valence-corrected chi connectivity index (χ4v) is 3.56. The van der Waals surface area contributed by atoms with Crippen LogP contribution in [0.1, 0.15) is 18.5 Å². The molecule has 0 spiro atoms. The SMILES string of the molecule is COc1cc2ncc([N+](=O)[O-])c(NC(C)c3ccc(S(N)(=O)=O)cc3)c2cc1OC. The minimum absolute atomic E-state index is 0.0179. The molecule has 10 nitrogen and oxygen atoms in total. The van der Waals surface area contributed by atoms with Crippen LogP contribution >= 0.6 is 0 Å². The van der Waals surface area contributed by atoms with Crippen molar-refractivity contribution in [2.75, 3.05) is 19.5 Å². The zero-order valence-electron chi connectivity index (χ0n) is 16.4. The molecule has 0 aliphatic rings. The van der Waals surface area contributed by atoms with E-state index in [9.17, 15) is 18.5 Å². The van der Waals surface area contributed by atoms with Gasteiger partial charge in [0.1, 0.15) is 11.9 Å². The molecule has 0 saturated heterocycles. The normalized spacial score (nSPS) is 12.4. The van der Waals surface area contributed by atoms with Crippen molar-refractivity contribution in [1.29, 1.82) is 0 Å². The highest BCUT2D eigenvalue weighted by atomic mass is 32.2. The quantitative estimate of drug-likeness (QED) is 0.428. The molecule has 11 heteroatoms. The molecule has 3 aromatic rings. The number of rotatable bonds is 7. The lowest BCUT2D eigenvalue weighted by Gasteiger charge is -2.18. The second kappa shape index (κ2) is 8.13. The summed E-state index contributed by atoms with van der Waals surface area (Å²) in [7, 11) is -0.852. The lowest BCUT2D eigenvalue weighted by molar-refractivity contribution is -0.384. The maximum Gasteiger partial charge on any atom is 0.311 e. The number of nitrogens with two attached hydrogens (primary N) is 1. The summed E-state index contributed by atoms with van der Waals surface area (Å²) in [6.45, 7) is 1.79. The molecule has 2 aromatic carbocycles. The van der Waals surface area contributed by atoms with Crippen molar-refractivity contribution in [3.8, 4) is 11.5 Å². The lowest BCUT2D eigenvalue weighted by Crippen LogP contribution is -2.13. The molecule has 3 rings (SSSR count). The maximum absolute atomic E-state index is 11.6. The van der Waals surface area contributed by atoms with E-state index >= 15 is 0 Å². The predicted molar refractivity (Wildman–Crippen MR) is 111 cm³/mol. The van der Waals surface area contributed by atoms with Gasteiger partial charge in [0.2, 0.25) is 10.0 Å². The van der Waals surface area contributed by atoms with Crippen LogP contribution in [-0.4, -0.2) is 32.5 Å². The number of nitrogens with zero attached hydrogens (tertiary/aromatic N) is 2. The zero-order valence-corrected chi connectivity index (χ0v) is 17.3. The molecule has 0 aliphatic carbocycles. The van der Waals surface area contributed by atoms with E-state index in [0.29, 0.717) is 28.0 Å². The summed E-state index contributed by atoms with van der Waals surface area (Å²) >= 11 is 0. The third-order valence-corrected chi connectivity index (χ3v) is 5.55. The van der Waals surface area contributed by atoms with E-state index in [2.05, 4.69) is 10.3 Å². The van der Waals surface area contributed by atoms with E-state index < -0.39 is 21.0 Å². The first-order valence-corrected chi connectivity index (χ1v) is 10.3. The second-order valence-electron chi connectivity index (χ2n) is 6.48. The maximum atomic E-state index is 11.6. The molecule has 0 saturated carbocycles. The summed E-state index contributed by atoms with van der Waals surface area (Å²) in [5.41, 5.74) is 1.25. The van der Waals surface area contributed by atoms with Crippen molar-refractivity contribution in [3.05, 3.63) is 58.3 Å². The van der Waals surface area contributed by atoms with Gasteiger partial charge in [-0.15, -0.1) is 0 Å². The Hall–Kier alpha value is -3.44. The zero-order chi connectivity index (χ0) is 22.1. The van der Waals surface area contributed by atoms with Crippen molar-refractivity contribution in [2.45, 2.75) is 17.9 Å². The number of primary sulfonamides is 1. The number of hydrogen-bond acceptors (Lipinski definition) is 8. The largest absolute Gasteiger partial charge is 0.493 e. The fraction of sp³-hybridized carbons (Fsp3) is 0.211. The first kappa shape index (κ1) is 21.3. The van der Waals surface area contributed by atoms with Gasteiger partial charge < -0.3 is 14.8 Å². The Bertz CT molecular complexity index is 1210. The molecule has 0 bridgehead atoms. The monoisotopic (exact) mass is 432 g/mol. The number of methoxy groups -OCH3 is 2. The van der Waals surface area contributed by atoms with Crippen LogP contribution in [-0.2, 0) is 10.0 Å². The number of nitrogens with one attached hydrogen (secondary N) is 1. The highest BCUT2D eigenvalue weighted by molar-refractivity contribution is 7.89. The summed E-state index contributed by atoms with van der Waals surface area (Å²) in [6.07, 6.45) is 1.17. The Balaban J connectivity index is 2.08. The first-order chi connectivity index (χ1) is 14.2. The van der Waals surface area contributed by atoms with E-state index in [1.54, 1.807) is 31.2 Å². The summed E-state index contributed by atoms with van der Waals surface area (Å²) in [5, 5.41) is 20.4. The molecule has 0 fully saturated rings. The molecular weight excluding hydrogens is 412 g/mol. The van der Waals surface area contributed by atoms with Gasteiger partial charge in [-0.1, -0.05) is 12.1 Å². The molecule has 158 valence electrons. The summed E-state index contributed by atoms with van der Waals surface area (Å²) in [5.74, 6) is 0.851. The summed E-state index contributed by atoms with van der Waals surface area (Å²) < 4.78 is 33.5. The Labute approximate surface area is 172 Å². The van der Waals surface area contributed by atoms with E-state index in [1.807, 2.05) is 0 Å². The predicted octanol–water partition coefficient (Wildman–Crippen LogP) is 2.98. The lowest BCUT2D eigenvalue weighted by atomic mass is 10.1. The molecule has 0 radical (unpaired) electrons. The fourth-order valence-electron chi connectivity index (χ4n) is 3.04. The first-order valence-electron chi connectivity index (χ1n) is 8.74. The molecule has 1 atom stereocenters. The van der Waals surface area contributed by atoms with E-state index in [1.165, 1.54) is 32.5 Å². The number of aromatic nitrogens is 1. The van der Waals surface area contributed by atoms with E-state index in [-0.39, 0.29) is 16.3 Å². The third-order valence-electron chi connectivity index (χ3n) is 4.62. The molecule has 30 heavy (non-hydrogen) atoms. The Kier molecular flexibility index (Phi) is 5.76. The van der Waals surface area contributed by atoms with Gasteiger partial charge in [-0.05, 0) is 30.7 Å². The van der Waals surface area contributed by atoms with Crippen LogP contribution in [0.5, 0.6) is 11.5 Å². The van der Waals surface area contributed by atoms with Gasteiger partial charge in [-0.25, -0.2) is 18.5 Å². The van der Waals surface area contributed by atoms with Gasteiger partial charge in [-0.3, -0.25) is 10.1 Å². The molecule has 1 unspecified atom stereocenters. The third kappa shape index (κ3) is 4.11. The average Bonchev–Trinajstić information content (AvgIpc) is 2.72. The number of benzene rings is 2. The summed E-state index contributed by atoms with van der Waals surface area (Å²) in [6, 6.07) is 8.82. The van der Waals surface area contributed by atoms with Crippen molar-refractivity contribution in [2.24, 2.45) is 5.14 Å². The Morgan fingerprint density at radius 3 is 2.27 bits per heavy atom. The molecule has 3 N–H and O–H groups in total. The molecule has 0 amide bonds. The van der Waals surface area contributed by atoms with Gasteiger partial charge in [0.15, 0.2) is 11.5 Å². The highest BCUT2D eigenvalue weighted by Crippen LogP contribution is 2.39. The number of sulfonamides is 1. The van der Waals surface area contributed by atoms with Gasteiger partial charge in [0.25, 0.3) is 0 Å². The Morgan fingerprint density at radius 2 is 1.73 bits per heavy atom. The number of hydrogen-bond donors (Lipinski definition) is 2. The standard InChI is InChI=1S/C19H20N4O6S/c1-11(12-4-6-13(7-5-12)30(20,26)27)22-19-14-8-17(28-2)18(29-3)9-15(14)21-10-16(19)23(24)25/h4-11H,1-3H3,(H,21,22)(H2,20,26,27). The molecule has 0 aliphatic heterocycles. The number of nitro groups is 1. The Morgan fingerprint density at radius 1 is 1.13 bits per heavy atom. The molecular formula is C19H20N4O6S. The number of pyridine rings is 1. The van der Waals surface area contributed by atoms with Crippen LogP contribution in [0.3, 0.4) is 0 Å². The van der Waals surface area contributed by atoms with E-state index in [0.717, 1.165) is 0 Å². The summed E-state index contributed by atoms with van der Waals surface area (Å²) in [4.78, 5) is 15.2. The smallest absolute Gasteiger partial charge is 0.311 e. The van der Waals surface area contributed by atoms with Crippen molar-refractivity contribution in [3.63, 3.8) is 0 Å². The van der Waals surface area contributed by atoms with Gasteiger partial charge in [-0.2, -0.15) is 0 Å². The van der Waals surface area contributed by atoms with Gasteiger partial charge in [0, 0.05) is 17.5 Å².